The van der Waals surface area contributed by atoms with Gasteiger partial charge in [-0.05, 0) is 74.2 Å². The lowest BCUT2D eigenvalue weighted by atomic mass is 9.68. The normalized spacial score (nSPS) is 28.5. The predicted octanol–water partition coefficient (Wildman–Crippen LogP) is 4.34. The van der Waals surface area contributed by atoms with Gasteiger partial charge in [0.05, 0.1) is 25.7 Å². The van der Waals surface area contributed by atoms with Crippen LogP contribution >= 0.6 is 0 Å². The summed E-state index contributed by atoms with van der Waals surface area (Å²) in [6.45, 7) is 11.6. The van der Waals surface area contributed by atoms with Gasteiger partial charge in [0.15, 0.2) is 11.5 Å². The summed E-state index contributed by atoms with van der Waals surface area (Å²) in [5, 5.41) is 3.34. The van der Waals surface area contributed by atoms with Gasteiger partial charge < -0.3 is 14.8 Å². The third-order valence-corrected chi connectivity index (χ3v) is 8.15. The van der Waals surface area contributed by atoms with Crippen molar-refractivity contribution < 1.29 is 14.3 Å². The molecule has 0 unspecified atom stereocenters. The third kappa shape index (κ3) is 3.31. The molecule has 2 bridgehead atoms. The summed E-state index contributed by atoms with van der Waals surface area (Å²) < 4.78 is 10.9. The summed E-state index contributed by atoms with van der Waals surface area (Å²) in [4.78, 5) is 15.9. The number of rotatable bonds is 7. The topological polar surface area (TPSA) is 50.8 Å². The molecule has 164 valence electrons. The fraction of sp³-hybridized carbons (Fsp3) is 0.640. The average Bonchev–Trinajstić information content (AvgIpc) is 3.47. The van der Waals surface area contributed by atoms with Crippen LogP contribution < -0.4 is 14.8 Å². The second-order valence-electron chi connectivity index (χ2n) is 9.81. The van der Waals surface area contributed by atoms with Crippen LogP contribution in [0.1, 0.15) is 57.6 Å². The lowest BCUT2D eigenvalue weighted by Gasteiger charge is -2.37. The molecule has 1 N–H and O–H groups in total. The summed E-state index contributed by atoms with van der Waals surface area (Å²) in [5.41, 5.74) is 1.98. The van der Waals surface area contributed by atoms with Gasteiger partial charge in [0, 0.05) is 6.54 Å². The zero-order valence-corrected chi connectivity index (χ0v) is 18.9. The molecule has 2 saturated carbocycles. The number of likely N-dealkylation sites (tertiary alicyclic amines) is 1. The highest BCUT2D eigenvalue weighted by Gasteiger charge is 2.60. The maximum Gasteiger partial charge on any atom is 0.230 e. The minimum absolute atomic E-state index is 0.0628. The molecule has 30 heavy (non-hydrogen) atoms. The molecule has 1 aliphatic heterocycles. The molecule has 0 spiro atoms. The molecular formula is C25H36N2O3. The molecule has 0 aromatic heterocycles. The quantitative estimate of drug-likeness (QED) is 0.677. The molecule has 1 aromatic carbocycles. The largest absolute Gasteiger partial charge is 0.493 e. The smallest absolute Gasteiger partial charge is 0.230 e. The Morgan fingerprint density at radius 3 is 2.53 bits per heavy atom. The molecule has 1 amide bonds. The van der Waals surface area contributed by atoms with Crippen molar-refractivity contribution in [2.45, 2.75) is 52.0 Å². The number of carbonyl (C=O) groups excluding carboxylic acids is 1. The Balaban J connectivity index is 1.54. The maximum absolute atomic E-state index is 13.5. The molecule has 1 aromatic rings. The predicted molar refractivity (Wildman–Crippen MR) is 119 cm³/mol. The van der Waals surface area contributed by atoms with Crippen LogP contribution in [0.15, 0.2) is 30.4 Å². The molecule has 3 aliphatic rings. The number of hydrogen-bond donors (Lipinski definition) is 1. The monoisotopic (exact) mass is 412 g/mol. The van der Waals surface area contributed by atoms with Crippen molar-refractivity contribution >= 4 is 5.91 Å². The van der Waals surface area contributed by atoms with Gasteiger partial charge in [0.25, 0.3) is 0 Å². The molecule has 5 nitrogen and oxygen atoms in total. The van der Waals surface area contributed by atoms with Crippen molar-refractivity contribution in [1.29, 1.82) is 0 Å². The summed E-state index contributed by atoms with van der Waals surface area (Å²) >= 11 is 0. The Hall–Kier alpha value is -2.01. The van der Waals surface area contributed by atoms with E-state index in [1.807, 2.05) is 6.07 Å². The van der Waals surface area contributed by atoms with Gasteiger partial charge >= 0.3 is 0 Å². The molecule has 2 aliphatic carbocycles. The minimum Gasteiger partial charge on any atom is -0.493 e. The molecule has 1 heterocycles. The second kappa shape index (κ2) is 7.92. The number of hydrogen-bond acceptors (Lipinski definition) is 4. The van der Waals surface area contributed by atoms with Crippen LogP contribution in [0.4, 0.5) is 0 Å². The lowest BCUT2D eigenvalue weighted by Crippen LogP contribution is -2.45. The van der Waals surface area contributed by atoms with Crippen LogP contribution in [0, 0.1) is 16.7 Å². The first-order chi connectivity index (χ1) is 14.3. The van der Waals surface area contributed by atoms with Gasteiger partial charge in [0.2, 0.25) is 5.91 Å². The van der Waals surface area contributed by atoms with E-state index in [0.29, 0.717) is 12.5 Å². The van der Waals surface area contributed by atoms with Crippen molar-refractivity contribution in [3.8, 4) is 11.5 Å². The lowest BCUT2D eigenvalue weighted by molar-refractivity contribution is -0.129. The summed E-state index contributed by atoms with van der Waals surface area (Å²) in [6.07, 6.45) is 5.43. The first-order valence-electron chi connectivity index (χ1n) is 11.3. The number of nitrogens with zero attached hydrogens (tertiary/aromatic N) is 1. The van der Waals surface area contributed by atoms with E-state index in [9.17, 15) is 4.79 Å². The van der Waals surface area contributed by atoms with Crippen molar-refractivity contribution in [3.63, 3.8) is 0 Å². The van der Waals surface area contributed by atoms with Crippen LogP contribution in [0.25, 0.3) is 0 Å². The Bertz CT molecular complexity index is 828. The summed E-state index contributed by atoms with van der Waals surface area (Å²) in [6, 6.07) is 6.24. The second-order valence-corrected chi connectivity index (χ2v) is 9.81. The highest BCUT2D eigenvalue weighted by molar-refractivity contribution is 5.87. The van der Waals surface area contributed by atoms with Crippen LogP contribution in [-0.4, -0.2) is 44.7 Å². The summed E-state index contributed by atoms with van der Waals surface area (Å²) in [7, 11) is 3.32. The maximum atomic E-state index is 13.5. The Kier molecular flexibility index (Phi) is 5.60. The fourth-order valence-electron chi connectivity index (χ4n) is 6.07. The Morgan fingerprint density at radius 2 is 1.93 bits per heavy atom. The van der Waals surface area contributed by atoms with Crippen molar-refractivity contribution in [1.82, 2.24) is 10.2 Å². The zero-order chi connectivity index (χ0) is 21.5. The molecular weight excluding hydrogens is 376 g/mol. The number of carbonyl (C=O) groups is 1. The number of amides is 1. The van der Waals surface area contributed by atoms with E-state index in [1.165, 1.54) is 12.8 Å². The van der Waals surface area contributed by atoms with Crippen LogP contribution in [-0.2, 0) is 4.79 Å². The molecule has 4 rings (SSSR count). The molecule has 3 atom stereocenters. The Morgan fingerprint density at radius 1 is 1.23 bits per heavy atom. The van der Waals surface area contributed by atoms with Gasteiger partial charge in [0.1, 0.15) is 0 Å². The van der Waals surface area contributed by atoms with E-state index in [-0.39, 0.29) is 22.8 Å². The fourth-order valence-corrected chi connectivity index (χ4v) is 6.07. The van der Waals surface area contributed by atoms with Crippen molar-refractivity contribution in [2.75, 3.05) is 33.9 Å². The van der Waals surface area contributed by atoms with Gasteiger partial charge in [-0.2, -0.15) is 0 Å². The minimum atomic E-state index is -0.374. The zero-order valence-electron chi connectivity index (χ0n) is 18.9. The first kappa shape index (κ1) is 21.2. The number of benzene rings is 1. The third-order valence-electron chi connectivity index (χ3n) is 8.15. The number of nitrogens with one attached hydrogen (secondary N) is 1. The van der Waals surface area contributed by atoms with Gasteiger partial charge in [-0.25, -0.2) is 0 Å². The highest BCUT2D eigenvalue weighted by Crippen LogP contribution is 2.65. The van der Waals surface area contributed by atoms with Gasteiger partial charge in [-0.1, -0.05) is 32.1 Å². The standard InChI is InChI=1S/C25H36N2O3/c1-17-24(2,3)19-10-11-25(17,15-19)23(28)26-16-20(27-12-6-7-13-27)18-8-9-21(29-4)22(14-18)30-5/h8-9,14,19-20H,1,6-7,10-13,15-16H2,2-5H3,(H,26,28)/t19-,20+,25+/m0/s1. The SMILES string of the molecule is C=C1C(C)(C)[C@H]2CC[C@@]1(C(=O)NC[C@H](c1ccc(OC)c(OC)c1)N1CCCC1)C2. The average molecular weight is 413 g/mol. The van der Waals surface area contributed by atoms with E-state index >= 15 is 0 Å². The summed E-state index contributed by atoms with van der Waals surface area (Å²) in [5.74, 6) is 2.21. The van der Waals surface area contributed by atoms with Crippen LogP contribution in [0.2, 0.25) is 0 Å². The molecule has 0 radical (unpaired) electrons. The van der Waals surface area contributed by atoms with Crippen LogP contribution in [0.5, 0.6) is 11.5 Å². The van der Waals surface area contributed by atoms with E-state index in [1.54, 1.807) is 14.2 Å². The number of ether oxygens (including phenoxy) is 2. The van der Waals surface area contributed by atoms with E-state index in [0.717, 1.165) is 55.0 Å². The number of methoxy groups -OCH3 is 2. The molecule has 3 fully saturated rings. The van der Waals surface area contributed by atoms with E-state index in [2.05, 4.69) is 42.8 Å². The molecule has 1 saturated heterocycles. The highest BCUT2D eigenvalue weighted by atomic mass is 16.5. The van der Waals surface area contributed by atoms with Crippen LogP contribution in [0.3, 0.4) is 0 Å². The van der Waals surface area contributed by atoms with Gasteiger partial charge in [-0.3, -0.25) is 9.69 Å². The first-order valence-corrected chi connectivity index (χ1v) is 11.3. The van der Waals surface area contributed by atoms with Gasteiger partial charge in [-0.15, -0.1) is 0 Å². The van der Waals surface area contributed by atoms with E-state index in [4.69, 9.17) is 9.47 Å². The molecule has 5 heteroatoms. The van der Waals surface area contributed by atoms with E-state index < -0.39 is 0 Å². The number of fused-ring (bicyclic) bond motifs is 2. The Labute approximate surface area is 180 Å². The van der Waals surface area contributed by atoms with Crippen molar-refractivity contribution in [3.05, 3.63) is 35.9 Å². The van der Waals surface area contributed by atoms with Crippen molar-refractivity contribution in [2.24, 2.45) is 16.7 Å².